The number of carbonyl (C=O) groups is 1. The SMILES string of the molecule is CCCCC/C=C\C(C(C)C)C(NC)C(=O)NS(C)(=O)=O. The number of hydrogen-bond donors (Lipinski definition) is 2. The average Bonchev–Trinajstić information content (AvgIpc) is 2.34. The first kappa shape index (κ1) is 20.1. The molecule has 0 saturated carbocycles. The van der Waals surface area contributed by atoms with Crippen molar-refractivity contribution >= 4 is 15.9 Å². The molecule has 0 radical (unpaired) electrons. The highest BCUT2D eigenvalue weighted by Gasteiger charge is 2.28. The van der Waals surface area contributed by atoms with Crippen LogP contribution in [0.15, 0.2) is 12.2 Å². The molecule has 0 saturated heterocycles. The molecule has 0 heterocycles. The number of carbonyl (C=O) groups excluding carboxylic acids is 1. The van der Waals surface area contributed by atoms with Crippen LogP contribution in [0, 0.1) is 11.8 Å². The van der Waals surface area contributed by atoms with Gasteiger partial charge in [-0.05, 0) is 25.8 Å². The molecule has 6 heteroatoms. The Kier molecular flexibility index (Phi) is 9.53. The van der Waals surface area contributed by atoms with Gasteiger partial charge in [-0.2, -0.15) is 0 Å². The van der Waals surface area contributed by atoms with E-state index in [1.807, 2.05) is 19.9 Å². The van der Waals surface area contributed by atoms with Crippen molar-refractivity contribution in [3.8, 4) is 0 Å². The van der Waals surface area contributed by atoms with Gasteiger partial charge in [0.2, 0.25) is 10.0 Å². The maximum atomic E-state index is 12.1. The highest BCUT2D eigenvalue weighted by Crippen LogP contribution is 2.18. The molecule has 0 fully saturated rings. The van der Waals surface area contributed by atoms with Gasteiger partial charge < -0.3 is 5.32 Å². The fraction of sp³-hybridized carbons (Fsp3) is 0.800. The molecule has 21 heavy (non-hydrogen) atoms. The van der Waals surface area contributed by atoms with Crippen molar-refractivity contribution in [1.29, 1.82) is 0 Å². The van der Waals surface area contributed by atoms with Crippen molar-refractivity contribution in [2.75, 3.05) is 13.3 Å². The van der Waals surface area contributed by atoms with Crippen LogP contribution in [-0.4, -0.2) is 33.7 Å². The van der Waals surface area contributed by atoms with E-state index in [1.54, 1.807) is 7.05 Å². The molecule has 2 N–H and O–H groups in total. The third-order valence-electron chi connectivity index (χ3n) is 3.37. The van der Waals surface area contributed by atoms with E-state index >= 15 is 0 Å². The van der Waals surface area contributed by atoms with Gasteiger partial charge in [-0.1, -0.05) is 45.8 Å². The average molecular weight is 318 g/mol. The molecule has 0 aromatic rings. The van der Waals surface area contributed by atoms with Crippen molar-refractivity contribution in [2.45, 2.75) is 52.5 Å². The number of sulfonamides is 1. The molecule has 0 spiro atoms. The molecule has 0 aromatic heterocycles. The summed E-state index contributed by atoms with van der Waals surface area (Å²) in [5.41, 5.74) is 0. The van der Waals surface area contributed by atoms with Crippen molar-refractivity contribution in [1.82, 2.24) is 10.0 Å². The van der Waals surface area contributed by atoms with Crippen LogP contribution in [-0.2, 0) is 14.8 Å². The molecular formula is C15H30N2O3S. The summed E-state index contributed by atoms with van der Waals surface area (Å²) in [6, 6.07) is -0.554. The van der Waals surface area contributed by atoms with Crippen LogP contribution in [0.1, 0.15) is 46.5 Å². The van der Waals surface area contributed by atoms with Gasteiger partial charge in [0.05, 0.1) is 12.3 Å². The van der Waals surface area contributed by atoms with Crippen LogP contribution in [0.2, 0.25) is 0 Å². The maximum absolute atomic E-state index is 12.1. The molecule has 0 rings (SSSR count). The van der Waals surface area contributed by atoms with Gasteiger partial charge in [-0.25, -0.2) is 8.42 Å². The lowest BCUT2D eigenvalue weighted by Crippen LogP contribution is -2.49. The number of allylic oxidation sites excluding steroid dienone is 1. The fourth-order valence-electron chi connectivity index (χ4n) is 2.23. The summed E-state index contributed by atoms with van der Waals surface area (Å²) < 4.78 is 24.5. The standard InChI is InChI=1S/C15H30N2O3S/c1-6-7-8-9-10-11-13(12(2)3)14(16-4)15(18)17-21(5,19)20/h10-14,16H,6-9H2,1-5H3,(H,17,18)/b11-10-. The summed E-state index contributed by atoms with van der Waals surface area (Å²) in [5, 5.41) is 2.93. The molecule has 5 nitrogen and oxygen atoms in total. The topological polar surface area (TPSA) is 75.3 Å². The summed E-state index contributed by atoms with van der Waals surface area (Å²) >= 11 is 0. The third kappa shape index (κ3) is 8.88. The molecule has 2 unspecified atom stereocenters. The Labute approximate surface area is 129 Å². The van der Waals surface area contributed by atoms with Crippen LogP contribution in [0.25, 0.3) is 0 Å². The van der Waals surface area contributed by atoms with E-state index in [0.717, 1.165) is 19.1 Å². The molecule has 124 valence electrons. The van der Waals surface area contributed by atoms with E-state index in [4.69, 9.17) is 0 Å². The molecule has 0 bridgehead atoms. The Morgan fingerprint density at radius 3 is 2.29 bits per heavy atom. The second-order valence-electron chi connectivity index (χ2n) is 5.75. The highest BCUT2D eigenvalue weighted by atomic mass is 32.2. The van der Waals surface area contributed by atoms with Crippen molar-refractivity contribution in [3.05, 3.63) is 12.2 Å². The van der Waals surface area contributed by atoms with Crippen LogP contribution < -0.4 is 10.0 Å². The number of nitrogens with one attached hydrogen (secondary N) is 2. The Morgan fingerprint density at radius 2 is 1.86 bits per heavy atom. The van der Waals surface area contributed by atoms with E-state index in [2.05, 4.69) is 23.0 Å². The lowest BCUT2D eigenvalue weighted by Gasteiger charge is -2.26. The minimum atomic E-state index is -3.53. The van der Waals surface area contributed by atoms with Crippen molar-refractivity contribution in [2.24, 2.45) is 11.8 Å². The van der Waals surface area contributed by atoms with Gasteiger partial charge in [0.1, 0.15) is 0 Å². The molecular weight excluding hydrogens is 288 g/mol. The summed E-state index contributed by atoms with van der Waals surface area (Å²) in [7, 11) is -1.86. The fourth-order valence-corrected chi connectivity index (χ4v) is 2.72. The monoisotopic (exact) mass is 318 g/mol. The summed E-state index contributed by atoms with van der Waals surface area (Å²) in [6.07, 6.45) is 9.61. The summed E-state index contributed by atoms with van der Waals surface area (Å²) in [5.74, 6) is -0.314. The van der Waals surface area contributed by atoms with E-state index < -0.39 is 22.0 Å². The number of amides is 1. The highest BCUT2D eigenvalue weighted by molar-refractivity contribution is 7.89. The van der Waals surface area contributed by atoms with Gasteiger partial charge in [0, 0.05) is 5.92 Å². The molecule has 2 atom stereocenters. The van der Waals surface area contributed by atoms with E-state index in [1.165, 1.54) is 12.8 Å². The third-order valence-corrected chi connectivity index (χ3v) is 3.94. The van der Waals surface area contributed by atoms with E-state index in [-0.39, 0.29) is 11.8 Å². The zero-order chi connectivity index (χ0) is 16.5. The van der Waals surface area contributed by atoms with Crippen LogP contribution in [0.4, 0.5) is 0 Å². The minimum Gasteiger partial charge on any atom is -0.308 e. The van der Waals surface area contributed by atoms with E-state index in [9.17, 15) is 13.2 Å². The van der Waals surface area contributed by atoms with Crippen molar-refractivity contribution in [3.63, 3.8) is 0 Å². The Morgan fingerprint density at radius 1 is 1.24 bits per heavy atom. The van der Waals surface area contributed by atoms with Crippen LogP contribution in [0.5, 0.6) is 0 Å². The Balaban J connectivity index is 4.84. The molecule has 0 aliphatic carbocycles. The van der Waals surface area contributed by atoms with Gasteiger partial charge >= 0.3 is 0 Å². The molecule has 0 aromatic carbocycles. The Bertz CT molecular complexity index is 430. The van der Waals surface area contributed by atoms with Crippen LogP contribution >= 0.6 is 0 Å². The predicted octanol–water partition coefficient (Wildman–Crippen LogP) is 2.06. The second-order valence-corrected chi connectivity index (χ2v) is 7.50. The Hall–Kier alpha value is -0.880. The largest absolute Gasteiger partial charge is 0.308 e. The van der Waals surface area contributed by atoms with Gasteiger partial charge in [-0.3, -0.25) is 9.52 Å². The molecule has 0 aliphatic rings. The summed E-state index contributed by atoms with van der Waals surface area (Å²) in [4.78, 5) is 12.1. The number of rotatable bonds is 10. The van der Waals surface area contributed by atoms with Gasteiger partial charge in [-0.15, -0.1) is 0 Å². The quantitative estimate of drug-likeness (QED) is 0.477. The lowest BCUT2D eigenvalue weighted by atomic mass is 9.87. The first-order valence-electron chi connectivity index (χ1n) is 7.58. The first-order valence-corrected chi connectivity index (χ1v) is 9.47. The zero-order valence-electron chi connectivity index (χ0n) is 13.8. The van der Waals surface area contributed by atoms with Gasteiger partial charge in [0.25, 0.3) is 5.91 Å². The normalized spacial score (nSPS) is 15.3. The molecule has 1 amide bonds. The maximum Gasteiger partial charge on any atom is 0.251 e. The van der Waals surface area contributed by atoms with Crippen molar-refractivity contribution < 1.29 is 13.2 Å². The number of hydrogen-bond acceptors (Lipinski definition) is 4. The van der Waals surface area contributed by atoms with Gasteiger partial charge in [0.15, 0.2) is 0 Å². The smallest absolute Gasteiger partial charge is 0.251 e. The first-order chi connectivity index (χ1) is 9.72. The minimum absolute atomic E-state index is 0.0432. The lowest BCUT2D eigenvalue weighted by molar-refractivity contribution is -0.122. The number of likely N-dealkylation sites (N-methyl/N-ethyl adjacent to an activating group) is 1. The molecule has 0 aliphatic heterocycles. The van der Waals surface area contributed by atoms with E-state index in [0.29, 0.717) is 0 Å². The summed E-state index contributed by atoms with van der Waals surface area (Å²) in [6.45, 7) is 6.21. The predicted molar refractivity (Wildman–Crippen MR) is 87.4 cm³/mol. The number of unbranched alkanes of at least 4 members (excludes halogenated alkanes) is 3. The zero-order valence-corrected chi connectivity index (χ0v) is 14.7. The second kappa shape index (κ2) is 9.95. The van der Waals surface area contributed by atoms with Crippen LogP contribution in [0.3, 0.4) is 0 Å².